The fraction of sp³-hybridized carbons (Fsp3) is 0.571. The van der Waals surface area contributed by atoms with Gasteiger partial charge in [0, 0.05) is 0 Å². The molecule has 7 nitrogen and oxygen atoms in total. The maximum Gasteiger partial charge on any atom is 0.425 e. The molecule has 86 valence electrons. The van der Waals surface area contributed by atoms with E-state index in [1.807, 2.05) is 0 Å². The maximum absolute atomic E-state index is 10.8. The van der Waals surface area contributed by atoms with E-state index in [9.17, 15) is 9.59 Å². The number of hydrazine groups is 1. The number of hydrogen-bond acceptors (Lipinski definition) is 5. The average molecular weight is 235 g/mol. The Labute approximate surface area is 92.5 Å². The van der Waals surface area contributed by atoms with Crippen LogP contribution in [0.25, 0.3) is 0 Å². The van der Waals surface area contributed by atoms with Gasteiger partial charge >= 0.3 is 12.2 Å². The fourth-order valence-electron chi connectivity index (χ4n) is 0.566. The summed E-state index contributed by atoms with van der Waals surface area (Å²) in [7, 11) is 0. The fourth-order valence-corrected chi connectivity index (χ4v) is 0.700. The molecule has 0 atom stereocenters. The standard InChI is InChI=1S/C7H13N3O4S/c1-3-13-6(11)8-5(15)9-10-7(12)14-4-2/h3-4H2,1-2H3,(H,10,12)(H2,8,9,11,15). The second-order valence-electron chi connectivity index (χ2n) is 2.15. The quantitative estimate of drug-likeness (QED) is 0.470. The Balaban J connectivity index is 3.66. The van der Waals surface area contributed by atoms with Crippen LogP contribution in [0.2, 0.25) is 0 Å². The van der Waals surface area contributed by atoms with E-state index >= 15 is 0 Å². The largest absolute Gasteiger partial charge is 0.450 e. The number of thiocarbonyl (C=S) groups is 1. The van der Waals surface area contributed by atoms with Crippen LogP contribution < -0.4 is 16.2 Å². The molecule has 0 aromatic heterocycles. The normalized spacial score (nSPS) is 8.67. The van der Waals surface area contributed by atoms with Gasteiger partial charge < -0.3 is 9.47 Å². The van der Waals surface area contributed by atoms with Crippen molar-refractivity contribution >= 4 is 29.5 Å². The minimum absolute atomic E-state index is 0.0819. The lowest BCUT2D eigenvalue weighted by Crippen LogP contribution is -2.48. The molecule has 0 fully saturated rings. The molecule has 2 amide bonds. The van der Waals surface area contributed by atoms with E-state index in [1.165, 1.54) is 0 Å². The van der Waals surface area contributed by atoms with Gasteiger partial charge in [0.2, 0.25) is 0 Å². The van der Waals surface area contributed by atoms with Crippen molar-refractivity contribution in [2.24, 2.45) is 0 Å². The number of rotatable bonds is 2. The summed E-state index contributed by atoms with van der Waals surface area (Å²) in [5, 5.41) is 2.09. The van der Waals surface area contributed by atoms with Gasteiger partial charge in [-0.2, -0.15) is 0 Å². The predicted octanol–water partition coefficient (Wildman–Crippen LogP) is 0.268. The molecule has 0 rings (SSSR count). The molecule has 3 N–H and O–H groups in total. The Hall–Kier alpha value is -1.57. The number of carbonyl (C=O) groups excluding carboxylic acids is 2. The third kappa shape index (κ3) is 7.50. The first-order valence-electron chi connectivity index (χ1n) is 4.26. The average Bonchev–Trinajstić information content (AvgIpc) is 2.15. The number of carbonyl (C=O) groups is 2. The van der Waals surface area contributed by atoms with Gasteiger partial charge in [-0.25, -0.2) is 15.0 Å². The van der Waals surface area contributed by atoms with Crippen molar-refractivity contribution in [3.8, 4) is 0 Å². The summed E-state index contributed by atoms with van der Waals surface area (Å²) in [6, 6.07) is 0. The van der Waals surface area contributed by atoms with Crippen LogP contribution in [0, 0.1) is 0 Å². The molecule has 0 saturated heterocycles. The smallest absolute Gasteiger partial charge is 0.425 e. The Morgan fingerprint density at radius 3 is 2.13 bits per heavy atom. The SMILES string of the molecule is CCOC(=O)NNC(=S)NC(=O)OCC. The Bertz CT molecular complexity index is 246. The molecule has 0 heterocycles. The third-order valence-electron chi connectivity index (χ3n) is 1.04. The van der Waals surface area contributed by atoms with Crippen LogP contribution in [-0.4, -0.2) is 30.5 Å². The van der Waals surface area contributed by atoms with Crippen LogP contribution in [0.3, 0.4) is 0 Å². The molecule has 0 aromatic carbocycles. The van der Waals surface area contributed by atoms with E-state index in [0.717, 1.165) is 0 Å². The van der Waals surface area contributed by atoms with E-state index in [2.05, 4.69) is 37.9 Å². The van der Waals surface area contributed by atoms with E-state index in [4.69, 9.17) is 0 Å². The Morgan fingerprint density at radius 1 is 1.07 bits per heavy atom. The number of alkyl carbamates (subject to hydrolysis) is 1. The predicted molar refractivity (Wildman–Crippen MR) is 56.0 cm³/mol. The van der Waals surface area contributed by atoms with E-state index in [-0.39, 0.29) is 18.3 Å². The number of hydrogen-bond donors (Lipinski definition) is 3. The Morgan fingerprint density at radius 2 is 1.60 bits per heavy atom. The highest BCUT2D eigenvalue weighted by molar-refractivity contribution is 7.80. The van der Waals surface area contributed by atoms with E-state index in [1.54, 1.807) is 13.8 Å². The molecule has 0 aliphatic heterocycles. The highest BCUT2D eigenvalue weighted by atomic mass is 32.1. The molecule has 0 bridgehead atoms. The monoisotopic (exact) mass is 235 g/mol. The lowest BCUT2D eigenvalue weighted by atomic mass is 10.8. The molecule has 0 saturated carbocycles. The van der Waals surface area contributed by atoms with Gasteiger partial charge in [-0.3, -0.25) is 10.7 Å². The zero-order valence-electron chi connectivity index (χ0n) is 8.46. The van der Waals surface area contributed by atoms with Crippen LogP contribution in [0.1, 0.15) is 13.8 Å². The number of ether oxygens (including phenoxy) is 2. The lowest BCUT2D eigenvalue weighted by molar-refractivity contribution is 0.148. The van der Waals surface area contributed by atoms with Gasteiger partial charge in [0.1, 0.15) is 0 Å². The molecule has 15 heavy (non-hydrogen) atoms. The topological polar surface area (TPSA) is 88.7 Å². The number of amides is 2. The van der Waals surface area contributed by atoms with Crippen LogP contribution in [0.15, 0.2) is 0 Å². The van der Waals surface area contributed by atoms with Crippen LogP contribution in [-0.2, 0) is 9.47 Å². The summed E-state index contributed by atoms with van der Waals surface area (Å²) < 4.78 is 9.07. The van der Waals surface area contributed by atoms with Crippen molar-refractivity contribution in [3.05, 3.63) is 0 Å². The van der Waals surface area contributed by atoms with Crippen LogP contribution in [0.4, 0.5) is 9.59 Å². The van der Waals surface area contributed by atoms with Crippen molar-refractivity contribution in [2.45, 2.75) is 13.8 Å². The minimum Gasteiger partial charge on any atom is -0.450 e. The molecule has 0 aromatic rings. The van der Waals surface area contributed by atoms with Gasteiger partial charge in [0.05, 0.1) is 13.2 Å². The van der Waals surface area contributed by atoms with Crippen molar-refractivity contribution in [3.63, 3.8) is 0 Å². The Kier molecular flexibility index (Phi) is 6.98. The van der Waals surface area contributed by atoms with E-state index in [0.29, 0.717) is 0 Å². The minimum atomic E-state index is -0.694. The molecular formula is C7H13N3O4S. The first kappa shape index (κ1) is 13.4. The van der Waals surface area contributed by atoms with Gasteiger partial charge in [-0.1, -0.05) is 0 Å². The van der Waals surface area contributed by atoms with Gasteiger partial charge in [-0.05, 0) is 26.1 Å². The van der Waals surface area contributed by atoms with E-state index < -0.39 is 12.2 Å². The molecular weight excluding hydrogens is 222 g/mol. The van der Waals surface area contributed by atoms with Crippen molar-refractivity contribution < 1.29 is 19.1 Å². The van der Waals surface area contributed by atoms with Gasteiger partial charge in [0.15, 0.2) is 5.11 Å². The molecule has 0 unspecified atom stereocenters. The first-order chi connectivity index (χ1) is 7.10. The first-order valence-corrected chi connectivity index (χ1v) is 4.67. The molecule has 0 spiro atoms. The molecule has 0 radical (unpaired) electrons. The molecule has 8 heteroatoms. The summed E-state index contributed by atoms with van der Waals surface area (Å²) in [5.41, 5.74) is 4.36. The highest BCUT2D eigenvalue weighted by Crippen LogP contribution is 1.77. The summed E-state index contributed by atoms with van der Waals surface area (Å²) in [5.74, 6) is 0. The van der Waals surface area contributed by atoms with Gasteiger partial charge in [0.25, 0.3) is 0 Å². The maximum atomic E-state index is 10.8. The van der Waals surface area contributed by atoms with Crippen molar-refractivity contribution in [2.75, 3.05) is 13.2 Å². The second-order valence-corrected chi connectivity index (χ2v) is 2.55. The summed E-state index contributed by atoms with van der Waals surface area (Å²) in [6.07, 6.45) is -1.38. The summed E-state index contributed by atoms with van der Waals surface area (Å²) in [4.78, 5) is 21.6. The second kappa shape index (κ2) is 7.80. The van der Waals surface area contributed by atoms with Crippen molar-refractivity contribution in [1.29, 1.82) is 0 Å². The van der Waals surface area contributed by atoms with Crippen LogP contribution in [0.5, 0.6) is 0 Å². The van der Waals surface area contributed by atoms with Gasteiger partial charge in [-0.15, -0.1) is 0 Å². The lowest BCUT2D eigenvalue weighted by Gasteiger charge is -2.09. The third-order valence-corrected chi connectivity index (χ3v) is 1.25. The van der Waals surface area contributed by atoms with Crippen molar-refractivity contribution in [1.82, 2.24) is 16.2 Å². The zero-order valence-corrected chi connectivity index (χ0v) is 9.27. The molecule has 0 aliphatic carbocycles. The number of nitrogens with one attached hydrogen (secondary N) is 3. The molecule has 0 aliphatic rings. The summed E-state index contributed by atoms with van der Waals surface area (Å²) >= 11 is 4.65. The van der Waals surface area contributed by atoms with Crippen LogP contribution >= 0.6 is 12.2 Å². The highest BCUT2D eigenvalue weighted by Gasteiger charge is 2.05. The summed E-state index contributed by atoms with van der Waals surface area (Å²) in [6.45, 7) is 3.80. The zero-order chi connectivity index (χ0) is 11.7.